The topological polar surface area (TPSA) is 143 Å². The van der Waals surface area contributed by atoms with Crippen molar-refractivity contribution < 1.29 is 4.92 Å². The molecule has 1 aromatic heterocycles. The third-order valence-corrected chi connectivity index (χ3v) is 2.77. The summed E-state index contributed by atoms with van der Waals surface area (Å²) in [5.41, 5.74) is 2.48. The van der Waals surface area contributed by atoms with Crippen LogP contribution in [-0.2, 0) is 0 Å². The number of nitro groups is 1. The molecule has 10 heteroatoms. The van der Waals surface area contributed by atoms with Gasteiger partial charge in [0.2, 0.25) is 11.8 Å². The number of nitriles is 1. The summed E-state index contributed by atoms with van der Waals surface area (Å²) in [5.74, 6) is 5.07. The molecule has 0 saturated heterocycles. The zero-order valence-electron chi connectivity index (χ0n) is 10.4. The number of hydrazine groups is 1. The van der Waals surface area contributed by atoms with E-state index < -0.39 is 4.92 Å². The zero-order valence-corrected chi connectivity index (χ0v) is 11.1. The number of nitrogen functional groups attached to an aromatic ring is 1. The predicted molar refractivity (Wildman–Crippen MR) is 75.9 cm³/mol. The third-order valence-electron chi connectivity index (χ3n) is 2.44. The fraction of sp³-hybridized carbons (Fsp3) is 0. The fourth-order valence-electron chi connectivity index (χ4n) is 1.49. The van der Waals surface area contributed by atoms with E-state index in [9.17, 15) is 10.1 Å². The number of aromatic nitrogens is 2. The van der Waals surface area contributed by atoms with Crippen molar-refractivity contribution >= 4 is 34.7 Å². The Balaban J connectivity index is 2.47. The highest BCUT2D eigenvalue weighted by Gasteiger charge is 2.18. The summed E-state index contributed by atoms with van der Waals surface area (Å²) in [7, 11) is 0. The first-order chi connectivity index (χ1) is 10.0. The van der Waals surface area contributed by atoms with E-state index in [0.717, 1.165) is 6.20 Å². The largest absolute Gasteiger partial charge is 0.333 e. The molecule has 0 bridgehead atoms. The summed E-state index contributed by atoms with van der Waals surface area (Å²) in [6.07, 6.45) is 1.01. The Morgan fingerprint density at radius 2 is 2.24 bits per heavy atom. The first-order valence-electron chi connectivity index (χ1n) is 5.50. The molecule has 0 amide bonds. The molecular weight excluding hydrogens is 298 g/mol. The normalized spacial score (nSPS) is 9.76. The highest BCUT2D eigenvalue weighted by molar-refractivity contribution is 6.33. The van der Waals surface area contributed by atoms with Crippen molar-refractivity contribution in [2.45, 2.75) is 0 Å². The van der Waals surface area contributed by atoms with E-state index in [1.807, 2.05) is 6.07 Å². The molecule has 0 spiro atoms. The number of anilines is 3. The minimum Gasteiger partial charge on any atom is -0.333 e. The molecule has 4 N–H and O–H groups in total. The summed E-state index contributed by atoms with van der Waals surface area (Å²) in [4.78, 5) is 17.8. The van der Waals surface area contributed by atoms with Gasteiger partial charge >= 0.3 is 5.69 Å². The molecule has 2 rings (SSSR count). The molecule has 0 aliphatic heterocycles. The Labute approximate surface area is 123 Å². The van der Waals surface area contributed by atoms with E-state index in [0.29, 0.717) is 11.3 Å². The molecule has 0 atom stereocenters. The van der Waals surface area contributed by atoms with Gasteiger partial charge in [0.1, 0.15) is 6.20 Å². The van der Waals surface area contributed by atoms with Crippen LogP contribution in [0, 0.1) is 21.4 Å². The molecule has 0 unspecified atom stereocenters. The molecule has 106 valence electrons. The van der Waals surface area contributed by atoms with Crippen molar-refractivity contribution in [1.29, 1.82) is 5.26 Å². The van der Waals surface area contributed by atoms with Crippen LogP contribution in [-0.4, -0.2) is 14.9 Å². The lowest BCUT2D eigenvalue weighted by molar-refractivity contribution is -0.384. The van der Waals surface area contributed by atoms with Crippen LogP contribution in [0.5, 0.6) is 0 Å². The van der Waals surface area contributed by atoms with E-state index in [1.54, 1.807) is 0 Å². The van der Waals surface area contributed by atoms with Gasteiger partial charge in [-0.25, -0.2) is 10.8 Å². The summed E-state index contributed by atoms with van der Waals surface area (Å²) >= 11 is 5.98. The van der Waals surface area contributed by atoms with E-state index in [4.69, 9.17) is 22.7 Å². The third kappa shape index (κ3) is 3.14. The lowest BCUT2D eigenvalue weighted by Gasteiger charge is -2.09. The monoisotopic (exact) mass is 305 g/mol. The summed E-state index contributed by atoms with van der Waals surface area (Å²) in [6, 6.07) is 6.41. The van der Waals surface area contributed by atoms with Crippen LogP contribution >= 0.6 is 11.6 Å². The minimum absolute atomic E-state index is 0.00402. The van der Waals surface area contributed by atoms with Gasteiger partial charge in [0, 0.05) is 0 Å². The first kappa shape index (κ1) is 14.4. The fourth-order valence-corrected chi connectivity index (χ4v) is 1.65. The molecule has 0 saturated carbocycles. The number of halogens is 1. The van der Waals surface area contributed by atoms with Crippen molar-refractivity contribution in [2.75, 3.05) is 10.7 Å². The highest BCUT2D eigenvalue weighted by Crippen LogP contribution is 2.30. The molecule has 21 heavy (non-hydrogen) atoms. The van der Waals surface area contributed by atoms with Crippen molar-refractivity contribution in [3.63, 3.8) is 0 Å². The van der Waals surface area contributed by atoms with E-state index >= 15 is 0 Å². The number of hydrogen-bond acceptors (Lipinski definition) is 8. The highest BCUT2D eigenvalue weighted by atomic mass is 35.5. The van der Waals surface area contributed by atoms with Gasteiger partial charge in [0.05, 0.1) is 27.3 Å². The molecule has 1 heterocycles. The summed E-state index contributed by atoms with van der Waals surface area (Å²) in [6.45, 7) is 0. The Hall–Kier alpha value is -2.96. The van der Waals surface area contributed by atoms with Gasteiger partial charge in [-0.3, -0.25) is 15.5 Å². The smallest absolute Gasteiger partial charge is 0.329 e. The van der Waals surface area contributed by atoms with Crippen LogP contribution in [0.25, 0.3) is 0 Å². The van der Waals surface area contributed by atoms with Crippen LogP contribution < -0.4 is 16.6 Å². The van der Waals surface area contributed by atoms with Crippen LogP contribution in [0.3, 0.4) is 0 Å². The van der Waals surface area contributed by atoms with Crippen LogP contribution in [0.1, 0.15) is 5.56 Å². The molecule has 0 aliphatic rings. The van der Waals surface area contributed by atoms with Gasteiger partial charge in [-0.1, -0.05) is 11.6 Å². The maximum Gasteiger partial charge on any atom is 0.329 e. The van der Waals surface area contributed by atoms with Gasteiger partial charge < -0.3 is 5.32 Å². The second-order valence-corrected chi connectivity index (χ2v) is 4.17. The molecule has 9 nitrogen and oxygen atoms in total. The van der Waals surface area contributed by atoms with Gasteiger partial charge in [-0.15, -0.1) is 0 Å². The lowest BCUT2D eigenvalue weighted by atomic mass is 10.2. The van der Waals surface area contributed by atoms with Gasteiger partial charge in [-0.05, 0) is 18.2 Å². The molecule has 2 aromatic rings. The van der Waals surface area contributed by atoms with Crippen molar-refractivity contribution in [2.24, 2.45) is 5.84 Å². The number of hydrogen-bond donors (Lipinski definition) is 3. The van der Waals surface area contributed by atoms with Crippen LogP contribution in [0.4, 0.5) is 23.1 Å². The van der Waals surface area contributed by atoms with Crippen molar-refractivity contribution in [3.05, 3.63) is 45.1 Å². The predicted octanol–water partition coefficient (Wildman–Crippen LogP) is 1.94. The maximum atomic E-state index is 11.0. The van der Waals surface area contributed by atoms with Crippen LogP contribution in [0.2, 0.25) is 5.02 Å². The molecule has 1 aromatic carbocycles. The standard InChI is InChI=1S/C11H8ClN7O2/c12-7-2-1-6(4-13)3-8(7)16-10-9(19(20)21)5-15-11(17-10)18-14/h1-3,5H,14H2,(H2,15,16,17,18). The molecular formula is C11H8ClN7O2. The van der Waals surface area contributed by atoms with E-state index in [1.165, 1.54) is 18.2 Å². The average molecular weight is 306 g/mol. The Morgan fingerprint density at radius 3 is 2.86 bits per heavy atom. The minimum atomic E-state index is -0.648. The molecule has 0 radical (unpaired) electrons. The lowest BCUT2D eigenvalue weighted by Crippen LogP contribution is -2.12. The number of nitrogens with two attached hydrogens (primary N) is 1. The molecule has 0 aliphatic carbocycles. The Kier molecular flexibility index (Phi) is 4.13. The summed E-state index contributed by atoms with van der Waals surface area (Å²) < 4.78 is 0. The number of rotatable bonds is 4. The van der Waals surface area contributed by atoms with E-state index in [-0.39, 0.29) is 22.5 Å². The van der Waals surface area contributed by atoms with E-state index in [2.05, 4.69) is 20.7 Å². The second kappa shape index (κ2) is 6.00. The SMILES string of the molecule is N#Cc1ccc(Cl)c(Nc2nc(NN)ncc2[N+](=O)[O-])c1. The Bertz CT molecular complexity index is 744. The second-order valence-electron chi connectivity index (χ2n) is 3.76. The summed E-state index contributed by atoms with van der Waals surface area (Å²) in [5, 5.41) is 22.8. The number of nitrogens with one attached hydrogen (secondary N) is 2. The van der Waals surface area contributed by atoms with Gasteiger partial charge in [0.25, 0.3) is 0 Å². The first-order valence-corrected chi connectivity index (χ1v) is 5.87. The average Bonchev–Trinajstić information content (AvgIpc) is 2.49. The maximum absolute atomic E-state index is 11.0. The van der Waals surface area contributed by atoms with Crippen LogP contribution in [0.15, 0.2) is 24.4 Å². The zero-order chi connectivity index (χ0) is 15.4. The van der Waals surface area contributed by atoms with Gasteiger partial charge in [0.15, 0.2) is 0 Å². The quantitative estimate of drug-likeness (QED) is 0.441. The number of nitrogens with zero attached hydrogens (tertiary/aromatic N) is 4. The van der Waals surface area contributed by atoms with Crippen molar-refractivity contribution in [1.82, 2.24) is 9.97 Å². The Morgan fingerprint density at radius 1 is 1.48 bits per heavy atom. The van der Waals surface area contributed by atoms with Gasteiger partial charge in [-0.2, -0.15) is 10.2 Å². The molecule has 0 fully saturated rings. The van der Waals surface area contributed by atoms with Crippen molar-refractivity contribution in [3.8, 4) is 6.07 Å². The number of benzene rings is 1.